The van der Waals surface area contributed by atoms with Crippen LogP contribution < -0.4 is 27.7 Å². The molecule has 2 aliphatic heterocycles. The average molecular weight is 441 g/mol. The van der Waals surface area contributed by atoms with Gasteiger partial charge < -0.3 is 32.1 Å². The zero-order valence-corrected chi connectivity index (χ0v) is 17.6. The van der Waals surface area contributed by atoms with Crippen LogP contribution in [0.2, 0.25) is 0 Å². The number of rotatable bonds is 8. The van der Waals surface area contributed by atoms with Crippen LogP contribution in [-0.4, -0.2) is 57.5 Å². The van der Waals surface area contributed by atoms with Crippen molar-refractivity contribution in [3.05, 3.63) is 45.2 Å². The van der Waals surface area contributed by atoms with Gasteiger partial charge in [-0.1, -0.05) is 0 Å². The van der Waals surface area contributed by atoms with E-state index in [0.717, 1.165) is 11.3 Å². The second-order valence-electron chi connectivity index (χ2n) is 8.20. The zero-order chi connectivity index (χ0) is 22.8. The van der Waals surface area contributed by atoms with Crippen LogP contribution in [0, 0.1) is 5.92 Å². The molecule has 0 aliphatic carbocycles. The van der Waals surface area contributed by atoms with Gasteiger partial charge in [-0.25, -0.2) is 4.79 Å². The number of nitrogens with two attached hydrogens (primary N) is 2. The highest BCUT2D eigenvalue weighted by molar-refractivity contribution is 6.00. The lowest BCUT2D eigenvalue weighted by Gasteiger charge is -2.25. The quantitative estimate of drug-likeness (QED) is 0.333. The van der Waals surface area contributed by atoms with Gasteiger partial charge in [-0.05, 0) is 55.5 Å². The van der Waals surface area contributed by atoms with Crippen LogP contribution in [0.1, 0.15) is 34.3 Å². The van der Waals surface area contributed by atoms with E-state index in [2.05, 4.69) is 20.6 Å². The molecule has 170 valence electrons. The predicted octanol–water partition coefficient (Wildman–Crippen LogP) is 0.196. The summed E-state index contributed by atoms with van der Waals surface area (Å²) in [6, 6.07) is 4.54. The molecule has 2 atom stereocenters. The molecule has 1 amide bonds. The third-order valence-corrected chi connectivity index (χ3v) is 5.96. The number of nitrogens with zero attached hydrogens (tertiary/aromatic N) is 2. The summed E-state index contributed by atoms with van der Waals surface area (Å²) in [5, 5.41) is 16.1. The van der Waals surface area contributed by atoms with Gasteiger partial charge in [0.1, 0.15) is 11.9 Å². The molecule has 4 rings (SSSR count). The Morgan fingerprint density at radius 3 is 2.94 bits per heavy atom. The van der Waals surface area contributed by atoms with Crippen molar-refractivity contribution in [1.82, 2.24) is 14.9 Å². The molecule has 11 heteroatoms. The van der Waals surface area contributed by atoms with Crippen molar-refractivity contribution in [1.29, 1.82) is 0 Å². The maximum Gasteiger partial charge on any atom is 0.326 e. The summed E-state index contributed by atoms with van der Waals surface area (Å²) in [7, 11) is 0. The molecule has 32 heavy (non-hydrogen) atoms. The van der Waals surface area contributed by atoms with Crippen LogP contribution in [0.25, 0.3) is 0 Å². The smallest absolute Gasteiger partial charge is 0.326 e. The van der Waals surface area contributed by atoms with Gasteiger partial charge in [0.05, 0.1) is 5.56 Å². The maximum atomic E-state index is 12.8. The van der Waals surface area contributed by atoms with Gasteiger partial charge in [0.15, 0.2) is 0 Å². The lowest BCUT2D eigenvalue weighted by atomic mass is 9.96. The molecule has 2 aliphatic rings. The van der Waals surface area contributed by atoms with Crippen molar-refractivity contribution >= 4 is 29.3 Å². The third kappa shape index (κ3) is 4.24. The van der Waals surface area contributed by atoms with E-state index >= 15 is 0 Å². The normalized spacial score (nSPS) is 18.0. The second kappa shape index (κ2) is 8.87. The number of hydrogen-bond donors (Lipinski definition) is 6. The number of benzene rings is 1. The minimum absolute atomic E-state index is 0.0905. The summed E-state index contributed by atoms with van der Waals surface area (Å²) in [5.41, 5.74) is 13.6. The summed E-state index contributed by atoms with van der Waals surface area (Å²) in [4.78, 5) is 44.6. The van der Waals surface area contributed by atoms with Crippen LogP contribution in [0.15, 0.2) is 23.0 Å². The Bertz CT molecular complexity index is 1100. The molecule has 1 unspecified atom stereocenters. The first-order valence-corrected chi connectivity index (χ1v) is 10.6. The Morgan fingerprint density at radius 1 is 1.38 bits per heavy atom. The molecule has 0 fully saturated rings. The van der Waals surface area contributed by atoms with Crippen molar-refractivity contribution in [3.63, 3.8) is 0 Å². The number of carbonyl (C=O) groups is 2. The number of fused-ring (bicyclic) bond motifs is 2. The molecular formula is C21H27N7O4. The van der Waals surface area contributed by atoms with Gasteiger partial charge in [-0.15, -0.1) is 0 Å². The van der Waals surface area contributed by atoms with E-state index in [9.17, 15) is 19.5 Å². The zero-order valence-electron chi connectivity index (χ0n) is 17.6. The Labute approximate surface area is 184 Å². The molecule has 8 N–H and O–H groups in total. The Kier molecular flexibility index (Phi) is 5.99. The van der Waals surface area contributed by atoms with Gasteiger partial charge in [-0.3, -0.25) is 14.6 Å². The fourth-order valence-corrected chi connectivity index (χ4v) is 4.29. The highest BCUT2D eigenvalue weighted by Crippen LogP contribution is 2.29. The number of aromatic amines is 1. The number of aromatic nitrogens is 2. The monoisotopic (exact) mass is 441 g/mol. The van der Waals surface area contributed by atoms with Crippen LogP contribution in [0.3, 0.4) is 0 Å². The number of aliphatic carboxylic acids is 1. The predicted molar refractivity (Wildman–Crippen MR) is 119 cm³/mol. The standard InChI is InChI=1S/C21H27N7O4/c22-5-1-2-16(20(31)32)28-10-12-7-13(3-4-14(12)19(28)30)24-8-11-6-15-17(25-9-11)26-21(23)27-18(15)29/h3-4,7,11,16,24H,1-2,5-6,8-10,22H2,(H,31,32)(H4,23,25,26,27,29)/t11?,16-/m1/s1. The lowest BCUT2D eigenvalue weighted by Crippen LogP contribution is -2.41. The van der Waals surface area contributed by atoms with Crippen molar-refractivity contribution in [2.24, 2.45) is 11.7 Å². The number of carboxylic acids is 1. The Hall–Kier alpha value is -3.60. The summed E-state index contributed by atoms with van der Waals surface area (Å²) in [6.07, 6.45) is 1.43. The van der Waals surface area contributed by atoms with Gasteiger partial charge in [0.2, 0.25) is 5.95 Å². The van der Waals surface area contributed by atoms with Crippen LogP contribution >= 0.6 is 0 Å². The van der Waals surface area contributed by atoms with E-state index in [-0.39, 0.29) is 29.9 Å². The minimum atomic E-state index is -1.02. The molecule has 2 aromatic rings. The number of nitrogens with one attached hydrogen (secondary N) is 3. The van der Waals surface area contributed by atoms with Gasteiger partial charge in [-0.2, -0.15) is 4.98 Å². The molecular weight excluding hydrogens is 414 g/mol. The molecule has 0 radical (unpaired) electrons. The molecule has 0 saturated heterocycles. The van der Waals surface area contributed by atoms with Gasteiger partial charge in [0.25, 0.3) is 11.5 Å². The molecule has 1 aromatic heterocycles. The second-order valence-corrected chi connectivity index (χ2v) is 8.20. The largest absolute Gasteiger partial charge is 0.480 e. The van der Waals surface area contributed by atoms with E-state index in [1.54, 1.807) is 6.07 Å². The molecule has 11 nitrogen and oxygen atoms in total. The SMILES string of the molecule is NCCC[C@H](C(=O)O)N1Cc2cc(NCC3CNc4nc(N)[nH]c(=O)c4C3)ccc2C1=O. The average Bonchev–Trinajstić information content (AvgIpc) is 3.08. The molecule has 0 saturated carbocycles. The number of amides is 1. The minimum Gasteiger partial charge on any atom is -0.480 e. The lowest BCUT2D eigenvalue weighted by molar-refractivity contribution is -0.142. The van der Waals surface area contributed by atoms with Crippen molar-refractivity contribution in [2.45, 2.75) is 31.8 Å². The highest BCUT2D eigenvalue weighted by Gasteiger charge is 2.36. The van der Waals surface area contributed by atoms with E-state index in [0.29, 0.717) is 55.8 Å². The third-order valence-electron chi connectivity index (χ3n) is 5.96. The number of hydrogen-bond acceptors (Lipinski definition) is 8. The van der Waals surface area contributed by atoms with Crippen molar-refractivity contribution in [2.75, 3.05) is 36.0 Å². The fourth-order valence-electron chi connectivity index (χ4n) is 4.29. The molecule has 3 heterocycles. The number of anilines is 3. The van der Waals surface area contributed by atoms with Crippen LogP contribution in [-0.2, 0) is 17.8 Å². The summed E-state index contributed by atoms with van der Waals surface area (Å²) in [6.45, 7) is 1.89. The topological polar surface area (TPSA) is 179 Å². The Morgan fingerprint density at radius 2 is 2.19 bits per heavy atom. The number of carbonyl (C=O) groups excluding carboxylic acids is 1. The summed E-state index contributed by atoms with van der Waals surface area (Å²) in [5.74, 6) is -0.508. The fraction of sp³-hybridized carbons (Fsp3) is 0.429. The summed E-state index contributed by atoms with van der Waals surface area (Å²) >= 11 is 0. The first kappa shape index (κ1) is 21.6. The van der Waals surface area contributed by atoms with Crippen LogP contribution in [0.4, 0.5) is 17.5 Å². The van der Waals surface area contributed by atoms with Gasteiger partial charge >= 0.3 is 5.97 Å². The van der Waals surface area contributed by atoms with E-state index in [1.807, 2.05) is 12.1 Å². The van der Waals surface area contributed by atoms with E-state index < -0.39 is 12.0 Å². The van der Waals surface area contributed by atoms with Crippen molar-refractivity contribution in [3.8, 4) is 0 Å². The molecule has 0 bridgehead atoms. The first-order valence-electron chi connectivity index (χ1n) is 10.6. The highest BCUT2D eigenvalue weighted by atomic mass is 16.4. The molecule has 1 aromatic carbocycles. The maximum absolute atomic E-state index is 12.8. The number of nitrogen functional groups attached to an aromatic ring is 1. The van der Waals surface area contributed by atoms with Gasteiger partial charge in [0, 0.05) is 30.9 Å². The Balaban J connectivity index is 1.41. The van der Waals surface area contributed by atoms with E-state index in [1.165, 1.54) is 4.90 Å². The first-order chi connectivity index (χ1) is 15.4. The van der Waals surface area contributed by atoms with Crippen molar-refractivity contribution < 1.29 is 14.7 Å². The summed E-state index contributed by atoms with van der Waals surface area (Å²) < 4.78 is 0. The number of carboxylic acid groups (broad SMARTS) is 1. The number of H-pyrrole nitrogens is 1. The van der Waals surface area contributed by atoms with E-state index in [4.69, 9.17) is 11.5 Å². The molecule has 0 spiro atoms. The van der Waals surface area contributed by atoms with Crippen LogP contribution in [0.5, 0.6) is 0 Å².